The molecule has 0 bridgehead atoms. The standard InChI is InChI=1S/C19H15F2N3O4/c20-11-5-6-14(15(21)9-11)17(26)23-8-7-22-16(25)10-24-18(27)12-3-1-2-4-13(12)19(24)28/h1-6,9H,7-8,10H2,(H,22,25)(H,23,26). The molecule has 0 saturated heterocycles. The van der Waals surface area contributed by atoms with Gasteiger partial charge in [-0.1, -0.05) is 12.1 Å². The molecule has 2 aromatic rings. The molecule has 2 N–H and O–H groups in total. The van der Waals surface area contributed by atoms with Gasteiger partial charge in [0.2, 0.25) is 5.91 Å². The summed E-state index contributed by atoms with van der Waals surface area (Å²) in [6.45, 7) is -0.479. The minimum atomic E-state index is -0.993. The van der Waals surface area contributed by atoms with Gasteiger partial charge in [-0.2, -0.15) is 0 Å². The zero-order valence-electron chi connectivity index (χ0n) is 14.5. The summed E-state index contributed by atoms with van der Waals surface area (Å²) >= 11 is 0. The highest BCUT2D eigenvalue weighted by atomic mass is 19.1. The van der Waals surface area contributed by atoms with Gasteiger partial charge in [-0.25, -0.2) is 8.78 Å². The highest BCUT2D eigenvalue weighted by molar-refractivity contribution is 6.22. The van der Waals surface area contributed by atoms with Crippen LogP contribution in [0.2, 0.25) is 0 Å². The Balaban J connectivity index is 1.46. The van der Waals surface area contributed by atoms with Gasteiger partial charge in [-0.05, 0) is 24.3 Å². The van der Waals surface area contributed by atoms with Gasteiger partial charge in [0.1, 0.15) is 18.2 Å². The molecule has 0 fully saturated rings. The van der Waals surface area contributed by atoms with Crippen molar-refractivity contribution in [2.45, 2.75) is 0 Å². The van der Waals surface area contributed by atoms with Crippen LogP contribution in [0.3, 0.4) is 0 Å². The lowest BCUT2D eigenvalue weighted by molar-refractivity contribution is -0.121. The van der Waals surface area contributed by atoms with Gasteiger partial charge in [-0.15, -0.1) is 0 Å². The van der Waals surface area contributed by atoms with Crippen LogP contribution in [0.15, 0.2) is 42.5 Å². The smallest absolute Gasteiger partial charge is 0.262 e. The van der Waals surface area contributed by atoms with Crippen LogP contribution in [0.1, 0.15) is 31.1 Å². The molecule has 0 atom stereocenters. The molecule has 0 saturated carbocycles. The van der Waals surface area contributed by atoms with Crippen molar-refractivity contribution in [3.8, 4) is 0 Å². The number of amides is 4. The number of hydrogen-bond donors (Lipinski definition) is 2. The molecular formula is C19H15F2N3O4. The molecule has 1 heterocycles. The van der Waals surface area contributed by atoms with Crippen molar-refractivity contribution in [2.24, 2.45) is 0 Å². The van der Waals surface area contributed by atoms with Gasteiger partial charge in [0, 0.05) is 19.2 Å². The second-order valence-electron chi connectivity index (χ2n) is 5.97. The van der Waals surface area contributed by atoms with E-state index in [9.17, 15) is 28.0 Å². The fraction of sp³-hybridized carbons (Fsp3) is 0.158. The van der Waals surface area contributed by atoms with Crippen LogP contribution >= 0.6 is 0 Å². The van der Waals surface area contributed by atoms with Crippen molar-refractivity contribution in [1.29, 1.82) is 0 Å². The Morgan fingerprint density at radius 3 is 2.11 bits per heavy atom. The van der Waals surface area contributed by atoms with Gasteiger partial charge in [0.25, 0.3) is 17.7 Å². The summed E-state index contributed by atoms with van der Waals surface area (Å²) in [5.41, 5.74) is 0.168. The van der Waals surface area contributed by atoms with Crippen LogP contribution in [0.5, 0.6) is 0 Å². The third kappa shape index (κ3) is 3.88. The first-order chi connectivity index (χ1) is 13.4. The molecule has 2 aromatic carbocycles. The first-order valence-corrected chi connectivity index (χ1v) is 8.33. The molecule has 0 spiro atoms. The summed E-state index contributed by atoms with van der Waals surface area (Å²) in [4.78, 5) is 49.0. The maximum Gasteiger partial charge on any atom is 0.262 e. The summed E-state index contributed by atoms with van der Waals surface area (Å²) in [6, 6.07) is 8.84. The van der Waals surface area contributed by atoms with E-state index in [4.69, 9.17) is 0 Å². The maximum atomic E-state index is 13.5. The third-order valence-electron chi connectivity index (χ3n) is 4.09. The number of imide groups is 1. The van der Waals surface area contributed by atoms with E-state index in [-0.39, 0.29) is 29.8 Å². The first-order valence-electron chi connectivity index (χ1n) is 8.33. The Morgan fingerprint density at radius 1 is 0.893 bits per heavy atom. The second-order valence-corrected chi connectivity index (χ2v) is 5.97. The molecule has 1 aliphatic heterocycles. The van der Waals surface area contributed by atoms with Crippen LogP contribution < -0.4 is 10.6 Å². The zero-order valence-corrected chi connectivity index (χ0v) is 14.5. The van der Waals surface area contributed by atoms with Crippen molar-refractivity contribution in [3.05, 3.63) is 70.8 Å². The lowest BCUT2D eigenvalue weighted by Gasteiger charge is -2.13. The maximum absolute atomic E-state index is 13.5. The predicted molar refractivity (Wildman–Crippen MR) is 93.5 cm³/mol. The number of carbonyl (C=O) groups is 4. The van der Waals surface area contributed by atoms with Gasteiger partial charge in [-0.3, -0.25) is 24.1 Å². The lowest BCUT2D eigenvalue weighted by Crippen LogP contribution is -2.42. The Kier molecular flexibility index (Phi) is 5.44. The number of hydrogen-bond acceptors (Lipinski definition) is 4. The molecule has 144 valence electrons. The molecular weight excluding hydrogens is 372 g/mol. The number of rotatable bonds is 6. The Morgan fingerprint density at radius 2 is 1.50 bits per heavy atom. The van der Waals surface area contributed by atoms with Gasteiger partial charge in [0.05, 0.1) is 16.7 Å². The molecule has 9 heteroatoms. The highest BCUT2D eigenvalue weighted by Gasteiger charge is 2.36. The number of nitrogens with one attached hydrogen (secondary N) is 2. The number of halogens is 2. The van der Waals surface area contributed by atoms with Crippen LogP contribution in [0.25, 0.3) is 0 Å². The average Bonchev–Trinajstić information content (AvgIpc) is 2.90. The zero-order chi connectivity index (χ0) is 20.3. The van der Waals surface area contributed by atoms with Crippen molar-refractivity contribution >= 4 is 23.6 Å². The molecule has 0 radical (unpaired) electrons. The summed E-state index contributed by atoms with van der Waals surface area (Å²) in [6.07, 6.45) is 0. The van der Waals surface area contributed by atoms with E-state index in [0.29, 0.717) is 6.07 Å². The first kappa shape index (κ1) is 19.2. The molecule has 28 heavy (non-hydrogen) atoms. The summed E-state index contributed by atoms with van der Waals surface area (Å²) in [5, 5.41) is 4.83. The SMILES string of the molecule is O=C(CN1C(=O)c2ccccc2C1=O)NCCNC(=O)c1ccc(F)cc1F. The Bertz CT molecular complexity index is 942. The van der Waals surface area contributed by atoms with E-state index in [1.807, 2.05) is 0 Å². The lowest BCUT2D eigenvalue weighted by atomic mass is 10.1. The molecule has 3 rings (SSSR count). The predicted octanol–water partition coefficient (Wildman–Crippen LogP) is 1.11. The van der Waals surface area contributed by atoms with E-state index in [1.165, 1.54) is 12.1 Å². The van der Waals surface area contributed by atoms with E-state index in [1.54, 1.807) is 12.1 Å². The van der Waals surface area contributed by atoms with Crippen LogP contribution in [0, 0.1) is 11.6 Å². The molecule has 7 nitrogen and oxygen atoms in total. The largest absolute Gasteiger partial charge is 0.353 e. The van der Waals surface area contributed by atoms with Gasteiger partial charge >= 0.3 is 0 Å². The monoisotopic (exact) mass is 387 g/mol. The summed E-state index contributed by atoms with van der Waals surface area (Å²) in [5.74, 6) is -4.22. The third-order valence-corrected chi connectivity index (χ3v) is 4.09. The van der Waals surface area contributed by atoms with E-state index in [2.05, 4.69) is 10.6 Å². The Labute approximate surface area is 158 Å². The van der Waals surface area contributed by atoms with E-state index >= 15 is 0 Å². The van der Waals surface area contributed by atoms with Crippen LogP contribution in [-0.4, -0.2) is 48.2 Å². The highest BCUT2D eigenvalue weighted by Crippen LogP contribution is 2.21. The number of carbonyl (C=O) groups excluding carboxylic acids is 4. The van der Waals surface area contributed by atoms with Crippen LogP contribution in [0.4, 0.5) is 8.78 Å². The molecule has 1 aliphatic rings. The van der Waals surface area contributed by atoms with Crippen molar-refractivity contribution in [2.75, 3.05) is 19.6 Å². The van der Waals surface area contributed by atoms with E-state index in [0.717, 1.165) is 17.0 Å². The number of nitrogens with zero attached hydrogens (tertiary/aromatic N) is 1. The average molecular weight is 387 g/mol. The van der Waals surface area contributed by atoms with Gasteiger partial charge in [0.15, 0.2) is 0 Å². The molecule has 0 aromatic heterocycles. The topological polar surface area (TPSA) is 95.6 Å². The quantitative estimate of drug-likeness (QED) is 0.573. The minimum absolute atomic E-state index is 0.00342. The van der Waals surface area contributed by atoms with Crippen molar-refractivity contribution in [3.63, 3.8) is 0 Å². The normalized spacial score (nSPS) is 12.7. The minimum Gasteiger partial charge on any atom is -0.353 e. The van der Waals surface area contributed by atoms with Crippen LogP contribution in [-0.2, 0) is 4.79 Å². The second kappa shape index (κ2) is 7.95. The molecule has 0 aliphatic carbocycles. The molecule has 0 unspecified atom stereocenters. The number of fused-ring (bicyclic) bond motifs is 1. The van der Waals surface area contributed by atoms with Crippen molar-refractivity contribution < 1.29 is 28.0 Å². The van der Waals surface area contributed by atoms with Gasteiger partial charge < -0.3 is 10.6 Å². The Hall–Kier alpha value is -3.62. The summed E-state index contributed by atoms with van der Waals surface area (Å²) < 4.78 is 26.4. The molecule has 4 amide bonds. The fourth-order valence-corrected chi connectivity index (χ4v) is 2.73. The summed E-state index contributed by atoms with van der Waals surface area (Å²) in [7, 11) is 0. The van der Waals surface area contributed by atoms with Crippen molar-refractivity contribution in [1.82, 2.24) is 15.5 Å². The fourth-order valence-electron chi connectivity index (χ4n) is 2.73. The van der Waals surface area contributed by atoms with E-state index < -0.39 is 41.8 Å². The number of benzene rings is 2.